The molecule has 1 saturated carbocycles. The Labute approximate surface area is 101 Å². The number of rotatable bonds is 5. The van der Waals surface area contributed by atoms with Crippen LogP contribution in [0.3, 0.4) is 0 Å². The van der Waals surface area contributed by atoms with Crippen molar-refractivity contribution in [2.24, 2.45) is 0 Å². The zero-order valence-corrected chi connectivity index (χ0v) is 9.98. The number of carbonyl (C=O) groups is 1. The monoisotopic (exact) mass is 235 g/mol. The summed E-state index contributed by atoms with van der Waals surface area (Å²) in [6, 6.07) is 1.88. The minimum atomic E-state index is -0.189. The molecular weight excluding hydrogens is 218 g/mol. The Morgan fingerprint density at radius 3 is 3.00 bits per heavy atom. The molecule has 0 spiro atoms. The third-order valence-corrected chi connectivity index (χ3v) is 2.95. The summed E-state index contributed by atoms with van der Waals surface area (Å²) in [4.78, 5) is 15.2. The normalized spacial score (nSPS) is 14.6. The van der Waals surface area contributed by atoms with Crippen LogP contribution in [0.15, 0.2) is 12.3 Å². The number of hydrogen-bond donors (Lipinski definition) is 1. The van der Waals surface area contributed by atoms with E-state index in [-0.39, 0.29) is 11.8 Å². The Hall–Kier alpha value is -1.58. The van der Waals surface area contributed by atoms with Gasteiger partial charge in [0.05, 0.1) is 6.61 Å². The molecule has 17 heavy (non-hydrogen) atoms. The van der Waals surface area contributed by atoms with E-state index in [1.807, 2.05) is 6.07 Å². The maximum Gasteiger partial charge on any atom is 0.306 e. The van der Waals surface area contributed by atoms with Crippen molar-refractivity contribution in [3.05, 3.63) is 23.4 Å². The molecule has 1 aliphatic carbocycles. The van der Waals surface area contributed by atoms with Crippen LogP contribution in [0.5, 0.6) is 5.88 Å². The van der Waals surface area contributed by atoms with E-state index in [0.717, 1.165) is 24.0 Å². The predicted octanol–water partition coefficient (Wildman–Crippen LogP) is 2.16. The summed E-state index contributed by atoms with van der Waals surface area (Å²) < 4.78 is 4.89. The van der Waals surface area contributed by atoms with Crippen molar-refractivity contribution in [1.29, 1.82) is 0 Å². The summed E-state index contributed by atoms with van der Waals surface area (Å²) in [6.45, 7) is 2.21. The average molecular weight is 235 g/mol. The van der Waals surface area contributed by atoms with E-state index in [2.05, 4.69) is 4.98 Å². The highest BCUT2D eigenvalue weighted by atomic mass is 16.5. The molecule has 4 nitrogen and oxygen atoms in total. The molecule has 0 aliphatic heterocycles. The highest BCUT2D eigenvalue weighted by molar-refractivity contribution is 5.69. The number of aryl methyl sites for hydroxylation is 1. The molecule has 1 aromatic rings. The van der Waals surface area contributed by atoms with Gasteiger partial charge in [-0.25, -0.2) is 4.98 Å². The first kappa shape index (κ1) is 11.9. The van der Waals surface area contributed by atoms with Gasteiger partial charge in [0.1, 0.15) is 0 Å². The third-order valence-electron chi connectivity index (χ3n) is 2.95. The van der Waals surface area contributed by atoms with Crippen LogP contribution in [0.1, 0.15) is 43.2 Å². The van der Waals surface area contributed by atoms with Gasteiger partial charge in [-0.2, -0.15) is 0 Å². The van der Waals surface area contributed by atoms with Gasteiger partial charge in [0.15, 0.2) is 0 Å². The van der Waals surface area contributed by atoms with Gasteiger partial charge in [0, 0.05) is 18.2 Å². The van der Waals surface area contributed by atoms with E-state index in [0.29, 0.717) is 25.4 Å². The van der Waals surface area contributed by atoms with Crippen molar-refractivity contribution >= 4 is 5.97 Å². The van der Waals surface area contributed by atoms with Gasteiger partial charge in [0.2, 0.25) is 5.88 Å². The SMILES string of the molecule is CCOC(=O)CCc1ccnc(O)c1C1CC1. The number of pyridine rings is 1. The van der Waals surface area contributed by atoms with Gasteiger partial charge in [-0.05, 0) is 43.7 Å². The van der Waals surface area contributed by atoms with E-state index in [9.17, 15) is 9.90 Å². The minimum absolute atomic E-state index is 0.119. The number of carbonyl (C=O) groups excluding carboxylic acids is 1. The molecule has 0 unspecified atom stereocenters. The molecule has 1 aromatic heterocycles. The summed E-state index contributed by atoms with van der Waals surface area (Å²) in [7, 11) is 0. The molecule has 1 aliphatic rings. The van der Waals surface area contributed by atoms with Gasteiger partial charge in [-0.3, -0.25) is 4.79 Å². The lowest BCUT2D eigenvalue weighted by atomic mass is 10.0. The maximum absolute atomic E-state index is 11.3. The number of ether oxygens (including phenoxy) is 1. The van der Waals surface area contributed by atoms with Crippen LogP contribution in [0.25, 0.3) is 0 Å². The van der Waals surface area contributed by atoms with Crippen LogP contribution < -0.4 is 0 Å². The lowest BCUT2D eigenvalue weighted by Crippen LogP contribution is -2.06. The van der Waals surface area contributed by atoms with Gasteiger partial charge in [-0.15, -0.1) is 0 Å². The molecule has 0 aromatic carbocycles. The molecule has 2 rings (SSSR count). The number of esters is 1. The van der Waals surface area contributed by atoms with Crippen LogP contribution in [0.2, 0.25) is 0 Å². The van der Waals surface area contributed by atoms with Gasteiger partial charge < -0.3 is 9.84 Å². The third kappa shape index (κ3) is 2.96. The van der Waals surface area contributed by atoms with Crippen LogP contribution in [0, 0.1) is 0 Å². The maximum atomic E-state index is 11.3. The van der Waals surface area contributed by atoms with E-state index >= 15 is 0 Å². The van der Waals surface area contributed by atoms with E-state index in [1.165, 1.54) is 0 Å². The van der Waals surface area contributed by atoms with Crippen molar-refractivity contribution < 1.29 is 14.6 Å². The summed E-state index contributed by atoms with van der Waals surface area (Å²) in [5.41, 5.74) is 1.95. The summed E-state index contributed by atoms with van der Waals surface area (Å²) in [6.07, 6.45) is 4.76. The van der Waals surface area contributed by atoms with Crippen LogP contribution in [-0.2, 0) is 16.0 Å². The quantitative estimate of drug-likeness (QED) is 0.794. The molecule has 92 valence electrons. The van der Waals surface area contributed by atoms with Gasteiger partial charge in [0.25, 0.3) is 0 Å². The molecule has 1 heterocycles. The van der Waals surface area contributed by atoms with E-state index in [1.54, 1.807) is 13.1 Å². The Balaban J connectivity index is 2.05. The largest absolute Gasteiger partial charge is 0.493 e. The highest BCUT2D eigenvalue weighted by Gasteiger charge is 2.29. The van der Waals surface area contributed by atoms with E-state index < -0.39 is 0 Å². The number of hydrogen-bond acceptors (Lipinski definition) is 4. The summed E-state index contributed by atoms with van der Waals surface area (Å²) >= 11 is 0. The van der Waals surface area contributed by atoms with Crippen LogP contribution in [-0.4, -0.2) is 22.7 Å². The molecule has 0 atom stereocenters. The minimum Gasteiger partial charge on any atom is -0.493 e. The number of nitrogens with zero attached hydrogens (tertiary/aromatic N) is 1. The van der Waals surface area contributed by atoms with Crippen molar-refractivity contribution in [3.8, 4) is 5.88 Å². The molecule has 1 N–H and O–H groups in total. The lowest BCUT2D eigenvalue weighted by Gasteiger charge is -2.09. The van der Waals surface area contributed by atoms with E-state index in [4.69, 9.17) is 4.74 Å². The lowest BCUT2D eigenvalue weighted by molar-refractivity contribution is -0.143. The molecule has 0 amide bonds. The van der Waals surface area contributed by atoms with Crippen molar-refractivity contribution in [2.45, 2.75) is 38.5 Å². The fourth-order valence-electron chi connectivity index (χ4n) is 2.01. The standard InChI is InChI=1S/C13H17NO3/c1-2-17-11(15)6-5-10-7-8-14-13(16)12(10)9-3-4-9/h7-9H,2-6H2,1H3,(H,14,16). The molecule has 0 radical (unpaired) electrons. The highest BCUT2D eigenvalue weighted by Crippen LogP contribution is 2.45. The average Bonchev–Trinajstić information content (AvgIpc) is 3.11. The summed E-state index contributed by atoms with van der Waals surface area (Å²) in [5.74, 6) is 0.361. The first-order valence-corrected chi connectivity index (χ1v) is 6.04. The predicted molar refractivity (Wildman–Crippen MR) is 62.8 cm³/mol. The molecule has 0 bridgehead atoms. The Kier molecular flexibility index (Phi) is 3.61. The smallest absolute Gasteiger partial charge is 0.306 e. The Bertz CT molecular complexity index is 413. The number of aromatic hydroxyl groups is 1. The van der Waals surface area contributed by atoms with Crippen LogP contribution >= 0.6 is 0 Å². The zero-order chi connectivity index (χ0) is 12.3. The molecule has 4 heteroatoms. The summed E-state index contributed by atoms with van der Waals surface area (Å²) in [5, 5.41) is 9.74. The Morgan fingerprint density at radius 1 is 1.59 bits per heavy atom. The second kappa shape index (κ2) is 5.17. The van der Waals surface area contributed by atoms with Crippen molar-refractivity contribution in [2.75, 3.05) is 6.61 Å². The van der Waals surface area contributed by atoms with Gasteiger partial charge in [-0.1, -0.05) is 0 Å². The fraction of sp³-hybridized carbons (Fsp3) is 0.538. The Morgan fingerprint density at radius 2 is 2.35 bits per heavy atom. The van der Waals surface area contributed by atoms with Crippen molar-refractivity contribution in [1.82, 2.24) is 4.98 Å². The van der Waals surface area contributed by atoms with Crippen LogP contribution in [0.4, 0.5) is 0 Å². The molecule has 1 fully saturated rings. The fourth-order valence-corrected chi connectivity index (χ4v) is 2.01. The first-order valence-electron chi connectivity index (χ1n) is 6.04. The number of aromatic nitrogens is 1. The first-order chi connectivity index (χ1) is 8.22. The second-order valence-electron chi connectivity index (χ2n) is 4.29. The second-order valence-corrected chi connectivity index (χ2v) is 4.29. The topological polar surface area (TPSA) is 59.4 Å². The zero-order valence-electron chi connectivity index (χ0n) is 9.98. The molecule has 0 saturated heterocycles. The van der Waals surface area contributed by atoms with Gasteiger partial charge >= 0.3 is 5.97 Å². The molecular formula is C13H17NO3. The van der Waals surface area contributed by atoms with Crippen molar-refractivity contribution in [3.63, 3.8) is 0 Å².